The van der Waals surface area contributed by atoms with Crippen LogP contribution in [-0.2, 0) is 0 Å². The lowest BCUT2D eigenvalue weighted by molar-refractivity contribution is 1.28. The van der Waals surface area contributed by atoms with Crippen LogP contribution in [0.5, 0.6) is 0 Å². The van der Waals surface area contributed by atoms with Gasteiger partial charge in [0, 0.05) is 29.5 Å². The third-order valence-corrected chi connectivity index (χ3v) is 1.98. The molecule has 0 spiro atoms. The summed E-state index contributed by atoms with van der Waals surface area (Å²) in [4.78, 5) is 3.95. The van der Waals surface area contributed by atoms with Crippen molar-refractivity contribution in [3.8, 4) is 0 Å². The van der Waals surface area contributed by atoms with Gasteiger partial charge >= 0.3 is 0 Å². The van der Waals surface area contributed by atoms with E-state index in [-0.39, 0.29) is 0 Å². The Morgan fingerprint density at radius 1 is 1.64 bits per heavy atom. The molecular formula is C7H8BrN3. The van der Waals surface area contributed by atoms with Crippen LogP contribution in [0.3, 0.4) is 0 Å². The smallest absolute Gasteiger partial charge is 0.0624 e. The molecule has 0 fully saturated rings. The summed E-state index contributed by atoms with van der Waals surface area (Å²) in [5, 5.41) is 10.0. The molecule has 0 atom stereocenters. The standard InChI is InChI=1S/C7H8BrN3/c1-10-7-4-11-3-6(8)5(7)2-9/h2-4,9-10H,1H3. The van der Waals surface area contributed by atoms with Gasteiger partial charge in [-0.05, 0) is 15.9 Å². The molecule has 0 aromatic carbocycles. The highest BCUT2D eigenvalue weighted by Gasteiger charge is 2.01. The summed E-state index contributed by atoms with van der Waals surface area (Å²) in [6, 6.07) is 0. The van der Waals surface area contributed by atoms with Crippen LogP contribution in [-0.4, -0.2) is 18.2 Å². The lowest BCUT2D eigenvalue weighted by Gasteiger charge is -2.04. The second kappa shape index (κ2) is 3.48. The number of aromatic nitrogens is 1. The maximum atomic E-state index is 7.11. The van der Waals surface area contributed by atoms with Crippen LogP contribution in [0.4, 0.5) is 5.69 Å². The lowest BCUT2D eigenvalue weighted by Crippen LogP contribution is -1.95. The minimum atomic E-state index is 0.822. The molecule has 1 rings (SSSR count). The molecule has 3 nitrogen and oxygen atoms in total. The molecule has 0 amide bonds. The summed E-state index contributed by atoms with van der Waals surface area (Å²) in [5.41, 5.74) is 1.68. The largest absolute Gasteiger partial charge is 0.386 e. The molecule has 2 N–H and O–H groups in total. The first-order chi connectivity index (χ1) is 5.29. The monoisotopic (exact) mass is 213 g/mol. The Balaban J connectivity index is 3.24. The van der Waals surface area contributed by atoms with Gasteiger partial charge in [0.25, 0.3) is 0 Å². The van der Waals surface area contributed by atoms with Gasteiger partial charge in [-0.3, -0.25) is 4.98 Å². The summed E-state index contributed by atoms with van der Waals surface area (Å²) < 4.78 is 0.833. The van der Waals surface area contributed by atoms with Gasteiger partial charge in [0.15, 0.2) is 0 Å². The van der Waals surface area contributed by atoms with Gasteiger partial charge in [-0.1, -0.05) is 0 Å². The average molecular weight is 214 g/mol. The maximum Gasteiger partial charge on any atom is 0.0624 e. The van der Waals surface area contributed by atoms with Crippen molar-refractivity contribution >= 4 is 27.8 Å². The van der Waals surface area contributed by atoms with Crippen LogP contribution in [0, 0.1) is 5.41 Å². The van der Waals surface area contributed by atoms with Crippen molar-refractivity contribution in [3.63, 3.8) is 0 Å². The Labute approximate surface area is 73.5 Å². The normalized spacial score (nSPS) is 9.27. The maximum absolute atomic E-state index is 7.11. The molecule has 0 saturated heterocycles. The lowest BCUT2D eigenvalue weighted by atomic mass is 10.2. The van der Waals surface area contributed by atoms with Gasteiger partial charge in [0.1, 0.15) is 0 Å². The molecule has 0 aliphatic rings. The number of halogens is 1. The third kappa shape index (κ3) is 1.57. The molecule has 0 radical (unpaired) electrons. The first kappa shape index (κ1) is 8.20. The summed E-state index contributed by atoms with van der Waals surface area (Å²) in [6.07, 6.45) is 4.64. The first-order valence-electron chi connectivity index (χ1n) is 3.11. The van der Waals surface area contributed by atoms with Crippen LogP contribution in [0.25, 0.3) is 0 Å². The topological polar surface area (TPSA) is 48.8 Å². The second-order valence-electron chi connectivity index (χ2n) is 1.98. The van der Waals surface area contributed by atoms with Crippen LogP contribution in [0.1, 0.15) is 5.56 Å². The van der Waals surface area contributed by atoms with Crippen LogP contribution >= 0.6 is 15.9 Å². The van der Waals surface area contributed by atoms with Crippen molar-refractivity contribution in [3.05, 3.63) is 22.4 Å². The predicted molar refractivity (Wildman–Crippen MR) is 49.4 cm³/mol. The fraction of sp³-hybridized carbons (Fsp3) is 0.143. The number of nitrogens with zero attached hydrogens (tertiary/aromatic N) is 1. The number of hydrogen-bond donors (Lipinski definition) is 2. The molecular weight excluding hydrogens is 206 g/mol. The number of rotatable bonds is 2. The average Bonchev–Trinajstić information content (AvgIpc) is 2.04. The molecule has 0 aliphatic heterocycles. The fourth-order valence-corrected chi connectivity index (χ4v) is 1.24. The van der Waals surface area contributed by atoms with Crippen molar-refractivity contribution in [1.82, 2.24) is 4.98 Å². The van der Waals surface area contributed by atoms with E-state index in [9.17, 15) is 0 Å². The summed E-state index contributed by atoms with van der Waals surface area (Å²) in [5.74, 6) is 0. The third-order valence-electron chi connectivity index (χ3n) is 1.35. The van der Waals surface area contributed by atoms with E-state index < -0.39 is 0 Å². The van der Waals surface area contributed by atoms with E-state index in [0.717, 1.165) is 15.7 Å². The highest BCUT2D eigenvalue weighted by molar-refractivity contribution is 9.10. The quantitative estimate of drug-likeness (QED) is 0.738. The van der Waals surface area contributed by atoms with Gasteiger partial charge in [-0.15, -0.1) is 0 Å². The Bertz CT molecular complexity index is 272. The van der Waals surface area contributed by atoms with Crippen molar-refractivity contribution in [1.29, 1.82) is 5.41 Å². The Kier molecular flexibility index (Phi) is 2.59. The van der Waals surface area contributed by atoms with E-state index in [4.69, 9.17) is 5.41 Å². The van der Waals surface area contributed by atoms with E-state index in [1.54, 1.807) is 19.4 Å². The van der Waals surface area contributed by atoms with E-state index in [2.05, 4.69) is 26.2 Å². The highest BCUT2D eigenvalue weighted by Crippen LogP contribution is 2.20. The van der Waals surface area contributed by atoms with E-state index in [1.807, 2.05) is 0 Å². The minimum absolute atomic E-state index is 0.822. The first-order valence-corrected chi connectivity index (χ1v) is 3.90. The summed E-state index contributed by atoms with van der Waals surface area (Å²) in [7, 11) is 1.80. The number of hydrogen-bond acceptors (Lipinski definition) is 3. The predicted octanol–water partition coefficient (Wildman–Crippen LogP) is 1.88. The van der Waals surface area contributed by atoms with Crippen LogP contribution < -0.4 is 5.32 Å². The molecule has 0 saturated carbocycles. The Morgan fingerprint density at radius 2 is 2.36 bits per heavy atom. The van der Waals surface area contributed by atoms with Crippen molar-refractivity contribution in [2.45, 2.75) is 0 Å². The number of anilines is 1. The van der Waals surface area contributed by atoms with Gasteiger partial charge in [0.05, 0.1) is 11.9 Å². The number of pyridine rings is 1. The van der Waals surface area contributed by atoms with Crippen molar-refractivity contribution in [2.24, 2.45) is 0 Å². The van der Waals surface area contributed by atoms with E-state index in [0.29, 0.717) is 0 Å². The SMILES string of the molecule is CNc1cncc(Br)c1C=N. The Morgan fingerprint density at radius 3 is 2.82 bits per heavy atom. The fourth-order valence-electron chi connectivity index (χ4n) is 0.791. The molecule has 0 bridgehead atoms. The van der Waals surface area contributed by atoms with Gasteiger partial charge in [-0.2, -0.15) is 0 Å². The van der Waals surface area contributed by atoms with Crippen LogP contribution in [0.2, 0.25) is 0 Å². The van der Waals surface area contributed by atoms with Crippen molar-refractivity contribution in [2.75, 3.05) is 12.4 Å². The zero-order valence-corrected chi connectivity index (χ0v) is 7.64. The molecule has 0 aliphatic carbocycles. The molecule has 0 unspecified atom stereocenters. The molecule has 1 aromatic heterocycles. The molecule has 1 heterocycles. The van der Waals surface area contributed by atoms with E-state index in [1.165, 1.54) is 6.21 Å². The van der Waals surface area contributed by atoms with Gasteiger partial charge in [0.2, 0.25) is 0 Å². The minimum Gasteiger partial charge on any atom is -0.386 e. The van der Waals surface area contributed by atoms with Gasteiger partial charge < -0.3 is 10.7 Å². The molecule has 58 valence electrons. The molecule has 11 heavy (non-hydrogen) atoms. The van der Waals surface area contributed by atoms with Crippen LogP contribution in [0.15, 0.2) is 16.9 Å². The Hall–Kier alpha value is -0.900. The highest BCUT2D eigenvalue weighted by atomic mass is 79.9. The molecule has 1 aromatic rings. The van der Waals surface area contributed by atoms with E-state index >= 15 is 0 Å². The van der Waals surface area contributed by atoms with Gasteiger partial charge in [-0.25, -0.2) is 0 Å². The zero-order valence-electron chi connectivity index (χ0n) is 6.06. The summed E-state index contributed by atoms with van der Waals surface area (Å²) >= 11 is 3.29. The zero-order chi connectivity index (χ0) is 8.27. The summed E-state index contributed by atoms with van der Waals surface area (Å²) in [6.45, 7) is 0. The molecule has 4 heteroatoms. The number of nitrogens with one attached hydrogen (secondary N) is 2. The van der Waals surface area contributed by atoms with Crippen molar-refractivity contribution < 1.29 is 0 Å². The second-order valence-corrected chi connectivity index (χ2v) is 2.83.